The minimum atomic E-state index is -0.555. The Morgan fingerprint density at radius 2 is 1.80 bits per heavy atom. The number of anilines is 1. The van der Waals surface area contributed by atoms with Crippen molar-refractivity contribution in [2.45, 2.75) is 0 Å². The van der Waals surface area contributed by atoms with Gasteiger partial charge < -0.3 is 5.73 Å². The molecule has 0 spiro atoms. The van der Waals surface area contributed by atoms with E-state index < -0.39 is 11.4 Å². The molecule has 0 bridgehead atoms. The van der Waals surface area contributed by atoms with E-state index in [1.807, 2.05) is 0 Å². The molecular weight excluding hydrogens is 220 g/mol. The first-order chi connectivity index (χ1) is 7.09. The van der Waals surface area contributed by atoms with Gasteiger partial charge in [-0.25, -0.2) is 24.4 Å². The largest absolute Gasteiger partial charge is 0.398 e. The van der Waals surface area contributed by atoms with Gasteiger partial charge in [0.2, 0.25) is 0 Å². The fourth-order valence-electron chi connectivity index (χ4n) is 1.20. The van der Waals surface area contributed by atoms with E-state index in [9.17, 15) is 9.59 Å². The van der Waals surface area contributed by atoms with Crippen LogP contribution in [0.2, 0.25) is 5.02 Å². The number of benzene rings is 1. The highest BCUT2D eigenvalue weighted by atomic mass is 35.5. The van der Waals surface area contributed by atoms with E-state index >= 15 is 0 Å². The molecule has 0 aliphatic rings. The average molecular weight is 227 g/mol. The lowest BCUT2D eigenvalue weighted by atomic mass is 10.3. The van der Waals surface area contributed by atoms with Crippen LogP contribution in [0.1, 0.15) is 0 Å². The van der Waals surface area contributed by atoms with Crippen LogP contribution in [-0.4, -0.2) is 14.8 Å². The highest BCUT2D eigenvalue weighted by Gasteiger charge is 2.06. The van der Waals surface area contributed by atoms with Crippen molar-refractivity contribution in [3.05, 3.63) is 44.2 Å². The Balaban J connectivity index is 2.70. The summed E-state index contributed by atoms with van der Waals surface area (Å²) in [6.45, 7) is 0. The molecule has 0 atom stereocenters. The molecule has 7 heteroatoms. The Bertz CT molecular complexity index is 582. The summed E-state index contributed by atoms with van der Waals surface area (Å²) in [6.07, 6.45) is 0. The van der Waals surface area contributed by atoms with Crippen molar-refractivity contribution in [1.82, 2.24) is 14.8 Å². The van der Waals surface area contributed by atoms with Crippen LogP contribution in [0.3, 0.4) is 0 Å². The van der Waals surface area contributed by atoms with E-state index in [0.29, 0.717) is 16.4 Å². The molecule has 0 saturated carbocycles. The molecule has 0 aliphatic carbocycles. The van der Waals surface area contributed by atoms with E-state index in [0.717, 1.165) is 4.57 Å². The number of hydrogen-bond donors (Lipinski definition) is 3. The van der Waals surface area contributed by atoms with Crippen LogP contribution >= 0.6 is 11.6 Å². The molecule has 2 aromatic rings. The Hall–Kier alpha value is -1.95. The molecule has 1 heterocycles. The minimum absolute atomic E-state index is 0.292. The average Bonchev–Trinajstić information content (AvgIpc) is 2.52. The number of nitrogen functional groups attached to an aromatic ring is 1. The van der Waals surface area contributed by atoms with Crippen molar-refractivity contribution in [2.75, 3.05) is 5.73 Å². The zero-order valence-corrected chi connectivity index (χ0v) is 8.21. The van der Waals surface area contributed by atoms with Crippen molar-refractivity contribution in [3.8, 4) is 5.69 Å². The number of hydrogen-bond acceptors (Lipinski definition) is 3. The topological polar surface area (TPSA) is 96.7 Å². The van der Waals surface area contributed by atoms with Crippen LogP contribution < -0.4 is 17.1 Å². The summed E-state index contributed by atoms with van der Waals surface area (Å²) in [7, 11) is 0. The van der Waals surface area contributed by atoms with Gasteiger partial charge in [0.15, 0.2) is 0 Å². The van der Waals surface area contributed by atoms with Crippen LogP contribution in [0.5, 0.6) is 0 Å². The molecule has 0 amide bonds. The van der Waals surface area contributed by atoms with Gasteiger partial charge in [-0.1, -0.05) is 11.6 Å². The second kappa shape index (κ2) is 3.32. The first kappa shape index (κ1) is 9.60. The van der Waals surface area contributed by atoms with Gasteiger partial charge in [-0.3, -0.25) is 0 Å². The van der Waals surface area contributed by atoms with Gasteiger partial charge >= 0.3 is 11.4 Å². The molecule has 0 unspecified atom stereocenters. The summed E-state index contributed by atoms with van der Waals surface area (Å²) < 4.78 is 0.922. The Morgan fingerprint density at radius 3 is 2.33 bits per heavy atom. The molecule has 6 nitrogen and oxygen atoms in total. The first-order valence-corrected chi connectivity index (χ1v) is 4.42. The van der Waals surface area contributed by atoms with E-state index in [4.69, 9.17) is 17.3 Å². The van der Waals surface area contributed by atoms with Gasteiger partial charge in [0.25, 0.3) is 0 Å². The molecule has 1 aromatic heterocycles. The number of nitrogens with two attached hydrogens (primary N) is 1. The highest BCUT2D eigenvalue weighted by Crippen LogP contribution is 2.20. The van der Waals surface area contributed by atoms with Crippen LogP contribution in [0.4, 0.5) is 5.69 Å². The maximum absolute atomic E-state index is 11.2. The summed E-state index contributed by atoms with van der Waals surface area (Å²) >= 11 is 5.77. The normalized spacial score (nSPS) is 10.5. The van der Waals surface area contributed by atoms with Gasteiger partial charge in [-0.05, 0) is 18.2 Å². The fraction of sp³-hybridized carbons (Fsp3) is 0. The quantitative estimate of drug-likeness (QED) is 0.601. The van der Waals surface area contributed by atoms with Crippen molar-refractivity contribution >= 4 is 17.3 Å². The number of nitrogens with zero attached hydrogens (tertiary/aromatic N) is 1. The van der Waals surface area contributed by atoms with Gasteiger partial charge in [0.05, 0.1) is 16.4 Å². The zero-order chi connectivity index (χ0) is 11.0. The third-order valence-electron chi connectivity index (χ3n) is 1.92. The molecule has 1 aromatic carbocycles. The van der Waals surface area contributed by atoms with Crippen molar-refractivity contribution in [2.24, 2.45) is 0 Å². The smallest absolute Gasteiger partial charge is 0.348 e. The second-order valence-corrected chi connectivity index (χ2v) is 3.31. The predicted molar refractivity (Wildman–Crippen MR) is 56.4 cm³/mol. The van der Waals surface area contributed by atoms with E-state index in [2.05, 4.69) is 10.2 Å². The Labute approximate surface area is 88.3 Å². The van der Waals surface area contributed by atoms with Crippen molar-refractivity contribution in [3.63, 3.8) is 0 Å². The molecule has 0 fully saturated rings. The first-order valence-electron chi connectivity index (χ1n) is 4.04. The summed E-state index contributed by atoms with van der Waals surface area (Å²) in [5.74, 6) is 0. The molecule has 78 valence electrons. The van der Waals surface area contributed by atoms with Crippen molar-refractivity contribution in [1.29, 1.82) is 0 Å². The number of nitrogens with one attached hydrogen (secondary N) is 2. The standard InChI is InChI=1S/C8H7ClN4O2/c9-5-3-4(1-2-6(5)10)13-7(14)11-12-8(13)15/h1-3H,10H2,(H,11,14)(H,12,15). The maximum atomic E-state index is 11.2. The molecule has 0 saturated heterocycles. The molecular formula is C8H7ClN4O2. The van der Waals surface area contributed by atoms with Gasteiger partial charge in [0, 0.05) is 0 Å². The second-order valence-electron chi connectivity index (χ2n) is 2.90. The lowest BCUT2D eigenvalue weighted by Gasteiger charge is -2.01. The molecule has 0 radical (unpaired) electrons. The van der Waals surface area contributed by atoms with E-state index in [1.54, 1.807) is 0 Å². The number of rotatable bonds is 1. The zero-order valence-electron chi connectivity index (χ0n) is 7.45. The van der Waals surface area contributed by atoms with Crippen LogP contribution in [0.15, 0.2) is 27.8 Å². The Kier molecular flexibility index (Phi) is 2.12. The molecule has 0 aliphatic heterocycles. The maximum Gasteiger partial charge on any atom is 0.348 e. The van der Waals surface area contributed by atoms with Crippen LogP contribution in [-0.2, 0) is 0 Å². The summed E-state index contributed by atoms with van der Waals surface area (Å²) in [4.78, 5) is 22.5. The molecule has 15 heavy (non-hydrogen) atoms. The van der Waals surface area contributed by atoms with E-state index in [-0.39, 0.29) is 0 Å². The predicted octanol–water partition coefficient (Wildman–Crippen LogP) is 0.0895. The lowest BCUT2D eigenvalue weighted by molar-refractivity contribution is 0.952. The number of aromatic nitrogens is 3. The third kappa shape index (κ3) is 1.55. The van der Waals surface area contributed by atoms with Gasteiger partial charge in [0.1, 0.15) is 0 Å². The van der Waals surface area contributed by atoms with Gasteiger partial charge in [-0.15, -0.1) is 0 Å². The fourth-order valence-corrected chi connectivity index (χ4v) is 1.38. The molecule has 4 N–H and O–H groups in total. The van der Waals surface area contributed by atoms with Crippen LogP contribution in [0.25, 0.3) is 5.69 Å². The van der Waals surface area contributed by atoms with Crippen LogP contribution in [0, 0.1) is 0 Å². The summed E-state index contributed by atoms with van der Waals surface area (Å²) in [5.41, 5.74) is 5.15. The van der Waals surface area contributed by atoms with Gasteiger partial charge in [-0.2, -0.15) is 0 Å². The third-order valence-corrected chi connectivity index (χ3v) is 2.25. The van der Waals surface area contributed by atoms with E-state index in [1.165, 1.54) is 18.2 Å². The number of H-pyrrole nitrogens is 2. The SMILES string of the molecule is Nc1ccc(-n2c(=O)[nH][nH]c2=O)cc1Cl. The lowest BCUT2D eigenvalue weighted by Crippen LogP contribution is -2.24. The highest BCUT2D eigenvalue weighted by molar-refractivity contribution is 6.33. The summed E-state index contributed by atoms with van der Waals surface area (Å²) in [6, 6.07) is 4.50. The minimum Gasteiger partial charge on any atom is -0.398 e. The van der Waals surface area contributed by atoms with Crippen molar-refractivity contribution < 1.29 is 0 Å². The monoisotopic (exact) mass is 226 g/mol. The number of aromatic amines is 2. The molecule has 2 rings (SSSR count). The summed E-state index contributed by atoms with van der Waals surface area (Å²) in [5, 5.41) is 4.62. The Morgan fingerprint density at radius 1 is 1.20 bits per heavy atom. The number of halogens is 1.